The van der Waals surface area contributed by atoms with E-state index < -0.39 is 17.8 Å². The number of carboxylic acid groups (broad SMARTS) is 2. The summed E-state index contributed by atoms with van der Waals surface area (Å²) in [7, 11) is 1.98. The number of allylic oxidation sites excluding steroid dienone is 4. The number of hydrogen-bond acceptors (Lipinski definition) is 5. The van der Waals surface area contributed by atoms with E-state index in [0.717, 1.165) is 18.7 Å². The van der Waals surface area contributed by atoms with Gasteiger partial charge in [-0.15, -0.1) is 6.58 Å². The van der Waals surface area contributed by atoms with Crippen LogP contribution in [-0.4, -0.2) is 59.6 Å². The molecule has 0 amide bonds. The van der Waals surface area contributed by atoms with Crippen molar-refractivity contribution in [3.63, 3.8) is 0 Å². The normalized spacial score (nSPS) is 10.8. The number of likely N-dealkylation sites (N-methyl/N-ethyl adjacent to an activating group) is 1. The van der Waals surface area contributed by atoms with Crippen molar-refractivity contribution < 1.29 is 33.7 Å². The number of carboxylic acids is 2. The van der Waals surface area contributed by atoms with Crippen molar-refractivity contribution in [1.82, 2.24) is 4.90 Å². The lowest BCUT2D eigenvalue weighted by Gasteiger charge is -2.10. The van der Waals surface area contributed by atoms with Crippen LogP contribution < -0.4 is 4.74 Å². The number of carbonyl (C=O) groups excluding carboxylic acids is 1. The second kappa shape index (κ2) is 16.9. The van der Waals surface area contributed by atoms with Crippen LogP contribution in [0.5, 0.6) is 5.75 Å². The van der Waals surface area contributed by atoms with Gasteiger partial charge in [-0.3, -0.25) is 9.69 Å². The summed E-state index contributed by atoms with van der Waals surface area (Å²) in [6.45, 7) is 9.39. The van der Waals surface area contributed by atoms with Crippen LogP contribution in [0.4, 0.5) is 4.39 Å². The minimum atomic E-state index is -1.26. The number of nitrogens with zero attached hydrogens (tertiary/aromatic N) is 1. The molecule has 33 heavy (non-hydrogen) atoms. The van der Waals surface area contributed by atoms with E-state index in [9.17, 15) is 18.8 Å². The molecule has 0 aromatic heterocycles. The van der Waals surface area contributed by atoms with Gasteiger partial charge in [0.2, 0.25) is 0 Å². The Kier molecular flexibility index (Phi) is 14.9. The minimum absolute atomic E-state index is 0.133. The standard InChI is InChI=1S/C21H26FNO2.C4H4O4/c1-5-13-23(4)14-6-7-15-25-21-12-11-18(16-19(21)22)20(24)10-8-9-17(2)3;5-3(6)1-2-4(7)8/h5-12,16H,1,13-15H2,2-4H3;1-2H,(H,5,6)(H,7,8)/b7-6+,10-8+;2-1+. The number of carbonyl (C=O) groups is 3. The van der Waals surface area contributed by atoms with Crippen LogP contribution in [0.2, 0.25) is 0 Å². The highest BCUT2D eigenvalue weighted by molar-refractivity contribution is 6.04. The highest BCUT2D eigenvalue weighted by atomic mass is 19.1. The van der Waals surface area contributed by atoms with E-state index in [1.54, 1.807) is 12.1 Å². The van der Waals surface area contributed by atoms with Crippen molar-refractivity contribution in [3.05, 3.63) is 90.3 Å². The van der Waals surface area contributed by atoms with Gasteiger partial charge < -0.3 is 14.9 Å². The van der Waals surface area contributed by atoms with Gasteiger partial charge in [-0.2, -0.15) is 0 Å². The van der Waals surface area contributed by atoms with Gasteiger partial charge in [0.15, 0.2) is 17.3 Å². The molecule has 0 radical (unpaired) electrons. The highest BCUT2D eigenvalue weighted by Gasteiger charge is 2.08. The Bertz CT molecular complexity index is 911. The number of rotatable bonds is 12. The Balaban J connectivity index is 0.00000109. The zero-order valence-electron chi connectivity index (χ0n) is 19.0. The first kappa shape index (κ1) is 29.2. The number of hydrogen-bond donors (Lipinski definition) is 2. The molecule has 1 aromatic rings. The van der Waals surface area contributed by atoms with Gasteiger partial charge in [0.05, 0.1) is 0 Å². The molecule has 8 heteroatoms. The van der Waals surface area contributed by atoms with Crippen LogP contribution in [0.15, 0.2) is 79.0 Å². The number of aliphatic carboxylic acids is 2. The van der Waals surface area contributed by atoms with E-state index in [2.05, 4.69) is 11.5 Å². The Morgan fingerprint density at radius 1 is 1.06 bits per heavy atom. The van der Waals surface area contributed by atoms with Crippen LogP contribution in [-0.2, 0) is 9.59 Å². The molecule has 2 N–H and O–H groups in total. The summed E-state index contributed by atoms with van der Waals surface area (Å²) >= 11 is 0. The molecule has 0 saturated carbocycles. The molecule has 0 fully saturated rings. The minimum Gasteiger partial charge on any atom is -0.486 e. The van der Waals surface area contributed by atoms with Gasteiger partial charge in [0.1, 0.15) is 6.61 Å². The number of halogens is 1. The maximum absolute atomic E-state index is 14.0. The summed E-state index contributed by atoms with van der Waals surface area (Å²) in [4.78, 5) is 33.1. The smallest absolute Gasteiger partial charge is 0.328 e. The molecule has 0 unspecified atom stereocenters. The fourth-order valence-electron chi connectivity index (χ4n) is 2.09. The maximum Gasteiger partial charge on any atom is 0.328 e. The Morgan fingerprint density at radius 3 is 2.21 bits per heavy atom. The summed E-state index contributed by atoms with van der Waals surface area (Å²) in [6, 6.07) is 4.25. The average Bonchev–Trinajstić information content (AvgIpc) is 2.73. The van der Waals surface area contributed by atoms with Gasteiger partial charge in [0.25, 0.3) is 0 Å². The van der Waals surface area contributed by atoms with Crippen molar-refractivity contribution in [1.29, 1.82) is 0 Å². The van der Waals surface area contributed by atoms with Crippen molar-refractivity contribution >= 4 is 17.7 Å². The first-order valence-corrected chi connectivity index (χ1v) is 9.93. The first-order valence-electron chi connectivity index (χ1n) is 9.93. The molecular weight excluding hydrogens is 429 g/mol. The van der Waals surface area contributed by atoms with E-state index in [-0.39, 0.29) is 18.1 Å². The van der Waals surface area contributed by atoms with Gasteiger partial charge in [-0.25, -0.2) is 14.0 Å². The van der Waals surface area contributed by atoms with E-state index in [1.165, 1.54) is 18.2 Å². The summed E-state index contributed by atoms with van der Waals surface area (Å²) in [5.74, 6) is -3.17. The fourth-order valence-corrected chi connectivity index (χ4v) is 2.09. The van der Waals surface area contributed by atoms with Crippen molar-refractivity contribution in [2.45, 2.75) is 13.8 Å². The van der Waals surface area contributed by atoms with Gasteiger partial charge in [-0.1, -0.05) is 36.0 Å². The van der Waals surface area contributed by atoms with Gasteiger partial charge in [-0.05, 0) is 45.2 Å². The fraction of sp³-hybridized carbons (Fsp3) is 0.240. The molecule has 0 bridgehead atoms. The molecule has 178 valence electrons. The third kappa shape index (κ3) is 15.6. The van der Waals surface area contributed by atoms with Crippen LogP contribution in [0.1, 0.15) is 24.2 Å². The quantitative estimate of drug-likeness (QED) is 0.208. The molecule has 0 aliphatic carbocycles. The van der Waals surface area contributed by atoms with Crippen LogP contribution in [0, 0.1) is 5.82 Å². The lowest BCUT2D eigenvalue weighted by atomic mass is 10.1. The van der Waals surface area contributed by atoms with E-state index >= 15 is 0 Å². The Hall–Kier alpha value is -3.78. The van der Waals surface area contributed by atoms with Crippen LogP contribution in [0.25, 0.3) is 0 Å². The Morgan fingerprint density at radius 2 is 1.70 bits per heavy atom. The summed E-state index contributed by atoms with van der Waals surface area (Å²) in [6.07, 6.45) is 11.6. The SMILES string of the molecule is C=CCN(C)C/C=C/COc1ccc(C(=O)/C=C/C=C(C)C)cc1F.O=C(O)/C=C/C(=O)O. The molecule has 1 rings (SSSR count). The molecule has 0 spiro atoms. The van der Waals surface area contributed by atoms with E-state index in [0.29, 0.717) is 17.7 Å². The number of ether oxygens (including phenoxy) is 1. The zero-order chi connectivity index (χ0) is 25.2. The first-order chi connectivity index (χ1) is 15.6. The predicted molar refractivity (Wildman–Crippen MR) is 126 cm³/mol. The second-order valence-electron chi connectivity index (χ2n) is 6.91. The second-order valence-corrected chi connectivity index (χ2v) is 6.91. The Labute approximate surface area is 193 Å². The summed E-state index contributed by atoms with van der Waals surface area (Å²) in [5.41, 5.74) is 1.38. The monoisotopic (exact) mass is 459 g/mol. The van der Waals surface area contributed by atoms with Crippen molar-refractivity contribution in [2.75, 3.05) is 26.7 Å². The largest absolute Gasteiger partial charge is 0.486 e. The molecule has 1 aromatic carbocycles. The molecule has 0 saturated heterocycles. The topological polar surface area (TPSA) is 104 Å². The average molecular weight is 460 g/mol. The van der Waals surface area contributed by atoms with E-state index in [1.807, 2.05) is 45.2 Å². The molecule has 0 aliphatic rings. The lowest BCUT2D eigenvalue weighted by Crippen LogP contribution is -2.17. The molecular formula is C25H30FNO6. The third-order valence-corrected chi connectivity index (χ3v) is 3.62. The van der Waals surface area contributed by atoms with Crippen LogP contribution >= 0.6 is 0 Å². The number of ketones is 1. The predicted octanol–water partition coefficient (Wildman–Crippen LogP) is 4.30. The van der Waals surface area contributed by atoms with Crippen LogP contribution in [0.3, 0.4) is 0 Å². The lowest BCUT2D eigenvalue weighted by molar-refractivity contribution is -0.134. The van der Waals surface area contributed by atoms with Gasteiger partial charge >= 0.3 is 11.9 Å². The molecule has 0 aliphatic heterocycles. The summed E-state index contributed by atoms with van der Waals surface area (Å²) in [5, 5.41) is 15.6. The highest BCUT2D eigenvalue weighted by Crippen LogP contribution is 2.19. The number of benzene rings is 1. The van der Waals surface area contributed by atoms with Crippen molar-refractivity contribution in [2.24, 2.45) is 0 Å². The zero-order valence-corrected chi connectivity index (χ0v) is 19.0. The third-order valence-electron chi connectivity index (χ3n) is 3.62. The summed E-state index contributed by atoms with van der Waals surface area (Å²) < 4.78 is 19.4. The molecule has 7 nitrogen and oxygen atoms in total. The van der Waals surface area contributed by atoms with Gasteiger partial charge in [0, 0.05) is 30.8 Å². The van der Waals surface area contributed by atoms with E-state index in [4.69, 9.17) is 14.9 Å². The molecule has 0 heterocycles. The maximum atomic E-state index is 14.0. The molecule has 0 atom stereocenters. The van der Waals surface area contributed by atoms with Crippen molar-refractivity contribution in [3.8, 4) is 5.75 Å².